The summed E-state index contributed by atoms with van der Waals surface area (Å²) in [6.07, 6.45) is 6.24. The molecule has 0 aliphatic carbocycles. The lowest BCUT2D eigenvalue weighted by atomic mass is 10.1. The summed E-state index contributed by atoms with van der Waals surface area (Å²) in [6.45, 7) is 4.31. The Kier molecular flexibility index (Phi) is 6.66. The number of unbranched alkanes of at least 4 members (excludes halogenated alkanes) is 3. The molecular formula is C19H25NOS. The fourth-order valence-corrected chi connectivity index (χ4v) is 2.85. The summed E-state index contributed by atoms with van der Waals surface area (Å²) >= 11 is 5.34. The van der Waals surface area contributed by atoms with Gasteiger partial charge in [0, 0.05) is 11.1 Å². The average molecular weight is 315 g/mol. The number of fused-ring (bicyclic) bond motifs is 1. The van der Waals surface area contributed by atoms with Gasteiger partial charge in [0.2, 0.25) is 0 Å². The Morgan fingerprint density at radius 3 is 2.68 bits per heavy atom. The SMILES string of the molecule is CCCCCC[C@H](C)OC(=S)Nc1cccc2ccccc12. The number of thiocarbonyl (C=S) groups is 1. The van der Waals surface area contributed by atoms with Gasteiger partial charge in [-0.3, -0.25) is 0 Å². The van der Waals surface area contributed by atoms with Crippen molar-refractivity contribution in [2.45, 2.75) is 52.1 Å². The van der Waals surface area contributed by atoms with Gasteiger partial charge in [0.05, 0.1) is 6.10 Å². The first-order valence-corrected chi connectivity index (χ1v) is 8.57. The first-order valence-electron chi connectivity index (χ1n) is 8.16. The number of hydrogen-bond donors (Lipinski definition) is 1. The molecular weight excluding hydrogens is 290 g/mol. The molecule has 2 aromatic rings. The van der Waals surface area contributed by atoms with E-state index in [-0.39, 0.29) is 6.10 Å². The van der Waals surface area contributed by atoms with E-state index in [1.165, 1.54) is 31.1 Å². The van der Waals surface area contributed by atoms with E-state index in [0.717, 1.165) is 17.5 Å². The number of hydrogen-bond acceptors (Lipinski definition) is 2. The zero-order chi connectivity index (χ0) is 15.8. The van der Waals surface area contributed by atoms with Crippen molar-refractivity contribution in [1.82, 2.24) is 0 Å². The van der Waals surface area contributed by atoms with Gasteiger partial charge in [-0.2, -0.15) is 0 Å². The molecule has 0 fully saturated rings. The van der Waals surface area contributed by atoms with Gasteiger partial charge in [-0.1, -0.05) is 62.6 Å². The topological polar surface area (TPSA) is 21.3 Å². The molecule has 0 aromatic heterocycles. The Hall–Kier alpha value is -1.61. The van der Waals surface area contributed by atoms with Crippen molar-refractivity contribution in [3.63, 3.8) is 0 Å². The molecule has 0 spiro atoms. The minimum Gasteiger partial charge on any atom is -0.468 e. The summed E-state index contributed by atoms with van der Waals surface area (Å²) < 4.78 is 5.80. The lowest BCUT2D eigenvalue weighted by Gasteiger charge is -2.17. The molecule has 1 atom stereocenters. The standard InChI is InChI=1S/C19H25NOS/c1-3-4-5-6-10-15(2)21-19(22)20-18-14-9-12-16-11-7-8-13-17(16)18/h7-9,11-15H,3-6,10H2,1-2H3,(H,20,22)/t15-/m0/s1. The van der Waals surface area contributed by atoms with E-state index in [1.807, 2.05) is 24.3 Å². The van der Waals surface area contributed by atoms with Gasteiger partial charge < -0.3 is 10.1 Å². The van der Waals surface area contributed by atoms with Crippen LogP contribution in [0.3, 0.4) is 0 Å². The minimum atomic E-state index is 0.159. The fourth-order valence-electron chi connectivity index (χ4n) is 2.57. The quantitative estimate of drug-likeness (QED) is 0.507. The Bertz CT molecular complexity index is 606. The highest BCUT2D eigenvalue weighted by Gasteiger charge is 2.08. The zero-order valence-electron chi connectivity index (χ0n) is 13.5. The minimum absolute atomic E-state index is 0.159. The predicted molar refractivity (Wildman–Crippen MR) is 99.5 cm³/mol. The largest absolute Gasteiger partial charge is 0.468 e. The molecule has 2 rings (SSSR count). The van der Waals surface area contributed by atoms with Gasteiger partial charge in [-0.25, -0.2) is 0 Å². The Labute approximate surface area is 138 Å². The molecule has 2 aromatic carbocycles. The zero-order valence-corrected chi connectivity index (χ0v) is 14.3. The number of nitrogens with one attached hydrogen (secondary N) is 1. The van der Waals surface area contributed by atoms with E-state index < -0.39 is 0 Å². The normalized spacial score (nSPS) is 12.1. The summed E-state index contributed by atoms with van der Waals surface area (Å²) in [6, 6.07) is 14.4. The molecule has 22 heavy (non-hydrogen) atoms. The smallest absolute Gasteiger partial charge is 0.261 e. The van der Waals surface area contributed by atoms with Crippen LogP contribution in [0.1, 0.15) is 46.0 Å². The molecule has 0 aliphatic rings. The second-order valence-electron chi connectivity index (χ2n) is 5.72. The molecule has 0 radical (unpaired) electrons. The van der Waals surface area contributed by atoms with Crippen molar-refractivity contribution in [2.75, 3.05) is 5.32 Å². The monoisotopic (exact) mass is 315 g/mol. The van der Waals surface area contributed by atoms with Gasteiger partial charge in [0.1, 0.15) is 0 Å². The third-order valence-corrected chi connectivity index (χ3v) is 4.00. The summed E-state index contributed by atoms with van der Waals surface area (Å²) in [5, 5.41) is 6.04. The van der Waals surface area contributed by atoms with E-state index in [9.17, 15) is 0 Å². The summed E-state index contributed by atoms with van der Waals surface area (Å²) in [7, 11) is 0. The van der Waals surface area contributed by atoms with Crippen LogP contribution in [0.4, 0.5) is 5.69 Å². The molecule has 0 bridgehead atoms. The summed E-state index contributed by atoms with van der Waals surface area (Å²) in [5.41, 5.74) is 1.00. The average Bonchev–Trinajstić information content (AvgIpc) is 2.52. The predicted octanol–water partition coefficient (Wildman–Crippen LogP) is 5.91. The maximum atomic E-state index is 5.80. The Balaban J connectivity index is 1.88. The highest BCUT2D eigenvalue weighted by atomic mass is 32.1. The molecule has 2 nitrogen and oxygen atoms in total. The molecule has 0 unspecified atom stereocenters. The molecule has 0 amide bonds. The van der Waals surface area contributed by atoms with E-state index in [0.29, 0.717) is 5.17 Å². The van der Waals surface area contributed by atoms with Crippen molar-refractivity contribution >= 4 is 33.9 Å². The lowest BCUT2D eigenvalue weighted by Crippen LogP contribution is -2.20. The number of benzene rings is 2. The third kappa shape index (κ3) is 4.99. The first-order chi connectivity index (χ1) is 10.7. The van der Waals surface area contributed by atoms with Crippen LogP contribution < -0.4 is 5.32 Å². The van der Waals surface area contributed by atoms with Crippen molar-refractivity contribution in [2.24, 2.45) is 0 Å². The van der Waals surface area contributed by atoms with Gasteiger partial charge in [-0.05, 0) is 43.4 Å². The van der Waals surface area contributed by atoms with Crippen LogP contribution in [0.15, 0.2) is 42.5 Å². The van der Waals surface area contributed by atoms with E-state index >= 15 is 0 Å². The van der Waals surface area contributed by atoms with Crippen molar-refractivity contribution in [3.8, 4) is 0 Å². The van der Waals surface area contributed by atoms with Crippen LogP contribution in [0.5, 0.6) is 0 Å². The highest BCUT2D eigenvalue weighted by Crippen LogP contribution is 2.23. The van der Waals surface area contributed by atoms with Crippen LogP contribution in [-0.4, -0.2) is 11.3 Å². The van der Waals surface area contributed by atoms with E-state index in [1.54, 1.807) is 0 Å². The molecule has 0 aliphatic heterocycles. The number of ether oxygens (including phenoxy) is 1. The molecule has 1 N–H and O–H groups in total. The Morgan fingerprint density at radius 1 is 1.09 bits per heavy atom. The van der Waals surface area contributed by atoms with Crippen molar-refractivity contribution < 1.29 is 4.74 Å². The van der Waals surface area contributed by atoms with Crippen molar-refractivity contribution in [3.05, 3.63) is 42.5 Å². The van der Waals surface area contributed by atoms with Gasteiger partial charge in [-0.15, -0.1) is 0 Å². The summed E-state index contributed by atoms with van der Waals surface area (Å²) in [4.78, 5) is 0. The maximum Gasteiger partial charge on any atom is 0.261 e. The molecule has 0 saturated heterocycles. The second kappa shape index (κ2) is 8.74. The van der Waals surface area contributed by atoms with Gasteiger partial charge >= 0.3 is 0 Å². The molecule has 0 saturated carbocycles. The highest BCUT2D eigenvalue weighted by molar-refractivity contribution is 7.80. The second-order valence-corrected chi connectivity index (χ2v) is 6.09. The first kappa shape index (κ1) is 16.8. The van der Waals surface area contributed by atoms with Crippen LogP contribution in [-0.2, 0) is 4.74 Å². The summed E-state index contributed by atoms with van der Waals surface area (Å²) in [5.74, 6) is 0. The van der Waals surface area contributed by atoms with Crippen LogP contribution >= 0.6 is 12.2 Å². The van der Waals surface area contributed by atoms with E-state index in [2.05, 4.69) is 37.4 Å². The molecule has 3 heteroatoms. The van der Waals surface area contributed by atoms with Gasteiger partial charge in [0.15, 0.2) is 0 Å². The van der Waals surface area contributed by atoms with Crippen molar-refractivity contribution in [1.29, 1.82) is 0 Å². The van der Waals surface area contributed by atoms with Crippen LogP contribution in [0, 0.1) is 0 Å². The van der Waals surface area contributed by atoms with Crippen LogP contribution in [0.25, 0.3) is 10.8 Å². The van der Waals surface area contributed by atoms with Gasteiger partial charge in [0.25, 0.3) is 5.17 Å². The lowest BCUT2D eigenvalue weighted by molar-refractivity contribution is 0.198. The number of anilines is 1. The maximum absolute atomic E-state index is 5.80. The molecule has 0 heterocycles. The fraction of sp³-hybridized carbons (Fsp3) is 0.421. The third-order valence-electron chi connectivity index (χ3n) is 3.80. The van der Waals surface area contributed by atoms with Crippen LogP contribution in [0.2, 0.25) is 0 Å². The Morgan fingerprint density at radius 2 is 1.86 bits per heavy atom. The van der Waals surface area contributed by atoms with E-state index in [4.69, 9.17) is 17.0 Å². The number of rotatable bonds is 7. The molecule has 118 valence electrons.